The fourth-order valence-corrected chi connectivity index (χ4v) is 1.54. The molecule has 0 fully saturated rings. The third-order valence-electron chi connectivity index (χ3n) is 2.49. The zero-order valence-electron chi connectivity index (χ0n) is 9.36. The number of aromatic nitrogens is 1. The lowest BCUT2D eigenvalue weighted by Gasteiger charge is -2.08. The van der Waals surface area contributed by atoms with E-state index in [0.29, 0.717) is 12.3 Å². The highest BCUT2D eigenvalue weighted by Crippen LogP contribution is 2.31. The van der Waals surface area contributed by atoms with Crippen LogP contribution in [0.25, 0.3) is 11.1 Å². The first-order valence-electron chi connectivity index (χ1n) is 5.01. The van der Waals surface area contributed by atoms with Gasteiger partial charge in [0.05, 0.1) is 11.1 Å². The minimum atomic E-state index is -2.31. The first-order valence-corrected chi connectivity index (χ1v) is 5.01. The summed E-state index contributed by atoms with van der Waals surface area (Å²) in [4.78, 5) is 13.5. The Morgan fingerprint density at radius 2 is 1.35 bits per heavy atom. The van der Waals surface area contributed by atoms with E-state index >= 15 is 0 Å². The Labute approximate surface area is 107 Å². The maximum atomic E-state index is 13.5. The molecule has 1 aromatic heterocycles. The molecule has 104 valence electrons. The number of benzene rings is 1. The van der Waals surface area contributed by atoms with Crippen LogP contribution >= 0.6 is 0 Å². The molecule has 0 N–H and O–H groups in total. The van der Waals surface area contributed by atoms with Crippen LogP contribution in [0, 0.1) is 35.0 Å². The fourth-order valence-electron chi connectivity index (χ4n) is 1.54. The second-order valence-corrected chi connectivity index (χ2v) is 3.67. The molecular formula is C12H3F6NO. The molecule has 1 heterocycles. The van der Waals surface area contributed by atoms with Gasteiger partial charge in [0.15, 0.2) is 29.6 Å². The smallest absolute Gasteiger partial charge is 0.223 e. The van der Waals surface area contributed by atoms with Crippen molar-refractivity contribution in [2.75, 3.05) is 0 Å². The zero-order valence-corrected chi connectivity index (χ0v) is 9.36. The van der Waals surface area contributed by atoms with E-state index in [9.17, 15) is 31.1 Å². The standard InChI is InChI=1S/C12H3F6NO/c13-7-6(8(14)10(16)11(17)9(7)15)4-1-5(3-20)12(18)19-2-4/h1-3H. The van der Waals surface area contributed by atoms with E-state index in [1.807, 2.05) is 0 Å². The van der Waals surface area contributed by atoms with E-state index in [4.69, 9.17) is 0 Å². The summed E-state index contributed by atoms with van der Waals surface area (Å²) >= 11 is 0. The average Bonchev–Trinajstić information content (AvgIpc) is 2.45. The molecule has 20 heavy (non-hydrogen) atoms. The quantitative estimate of drug-likeness (QED) is 0.279. The average molecular weight is 291 g/mol. The Balaban J connectivity index is 2.79. The highest BCUT2D eigenvalue weighted by molar-refractivity contribution is 5.78. The maximum absolute atomic E-state index is 13.5. The van der Waals surface area contributed by atoms with Gasteiger partial charge in [0.2, 0.25) is 11.8 Å². The molecule has 0 saturated heterocycles. The van der Waals surface area contributed by atoms with Crippen LogP contribution in [0.15, 0.2) is 12.3 Å². The van der Waals surface area contributed by atoms with Gasteiger partial charge >= 0.3 is 0 Å². The molecule has 1 aromatic carbocycles. The topological polar surface area (TPSA) is 30.0 Å². The van der Waals surface area contributed by atoms with Gasteiger partial charge in [-0.1, -0.05) is 0 Å². The lowest BCUT2D eigenvalue weighted by molar-refractivity contribution is 0.111. The van der Waals surface area contributed by atoms with Crippen LogP contribution < -0.4 is 0 Å². The van der Waals surface area contributed by atoms with Crippen molar-refractivity contribution in [1.82, 2.24) is 4.98 Å². The number of pyridine rings is 1. The molecule has 2 nitrogen and oxygen atoms in total. The molecule has 8 heteroatoms. The summed E-state index contributed by atoms with van der Waals surface area (Å²) < 4.78 is 78.9. The maximum Gasteiger partial charge on any atom is 0.223 e. The second-order valence-electron chi connectivity index (χ2n) is 3.67. The van der Waals surface area contributed by atoms with Gasteiger partial charge in [-0.15, -0.1) is 0 Å². The highest BCUT2D eigenvalue weighted by Gasteiger charge is 2.27. The summed E-state index contributed by atoms with van der Waals surface area (Å²) in [6.07, 6.45) is 0.554. The summed E-state index contributed by atoms with van der Waals surface area (Å²) in [5.74, 6) is -12.0. The number of hydrogen-bond acceptors (Lipinski definition) is 2. The Bertz CT molecular complexity index is 687. The highest BCUT2D eigenvalue weighted by atomic mass is 19.2. The normalized spacial score (nSPS) is 10.7. The van der Waals surface area contributed by atoms with Crippen molar-refractivity contribution < 1.29 is 31.1 Å². The molecule has 0 amide bonds. The van der Waals surface area contributed by atoms with Crippen LogP contribution in [0.3, 0.4) is 0 Å². The van der Waals surface area contributed by atoms with Crippen molar-refractivity contribution in [1.29, 1.82) is 0 Å². The first kappa shape index (κ1) is 14.0. The van der Waals surface area contributed by atoms with E-state index in [-0.39, 0.29) is 6.29 Å². The van der Waals surface area contributed by atoms with E-state index in [0.717, 1.165) is 0 Å². The Hall–Kier alpha value is -2.38. The predicted molar refractivity (Wildman–Crippen MR) is 54.8 cm³/mol. The third kappa shape index (κ3) is 2.02. The van der Waals surface area contributed by atoms with E-state index in [1.54, 1.807) is 0 Å². The molecule has 0 radical (unpaired) electrons. The van der Waals surface area contributed by atoms with Gasteiger partial charge in [-0.05, 0) is 6.07 Å². The molecule has 0 saturated carbocycles. The molecule has 0 aliphatic carbocycles. The number of carbonyl (C=O) groups is 1. The zero-order chi connectivity index (χ0) is 15.0. The lowest BCUT2D eigenvalue weighted by Crippen LogP contribution is -2.05. The monoisotopic (exact) mass is 291 g/mol. The summed E-state index contributed by atoms with van der Waals surface area (Å²) in [7, 11) is 0. The second kappa shape index (κ2) is 4.95. The van der Waals surface area contributed by atoms with Gasteiger partial charge in [0.25, 0.3) is 0 Å². The number of hydrogen-bond donors (Lipinski definition) is 0. The van der Waals surface area contributed by atoms with Crippen molar-refractivity contribution >= 4 is 6.29 Å². The number of nitrogens with zero attached hydrogens (tertiary/aromatic N) is 1. The van der Waals surface area contributed by atoms with Gasteiger partial charge in [-0.3, -0.25) is 4.79 Å². The first-order chi connectivity index (χ1) is 9.38. The van der Waals surface area contributed by atoms with E-state index in [1.165, 1.54) is 0 Å². The molecule has 0 spiro atoms. The molecule has 0 aliphatic rings. The molecule has 2 rings (SSSR count). The summed E-state index contributed by atoms with van der Waals surface area (Å²) in [5.41, 5.74) is -2.57. The number of halogens is 6. The lowest BCUT2D eigenvalue weighted by atomic mass is 10.0. The van der Waals surface area contributed by atoms with E-state index in [2.05, 4.69) is 4.98 Å². The Morgan fingerprint density at radius 1 is 0.850 bits per heavy atom. The van der Waals surface area contributed by atoms with Crippen LogP contribution in [0.5, 0.6) is 0 Å². The molecule has 0 unspecified atom stereocenters. The predicted octanol–water partition coefficient (Wildman–Crippen LogP) is 3.40. The summed E-state index contributed by atoms with van der Waals surface area (Å²) in [6, 6.07) is 0.633. The third-order valence-corrected chi connectivity index (χ3v) is 2.49. The molecule has 0 bridgehead atoms. The van der Waals surface area contributed by atoms with Gasteiger partial charge in [0.1, 0.15) is 0 Å². The number of rotatable bonds is 2. The van der Waals surface area contributed by atoms with Crippen LogP contribution in [-0.2, 0) is 0 Å². The van der Waals surface area contributed by atoms with Crippen LogP contribution in [0.4, 0.5) is 26.3 Å². The van der Waals surface area contributed by atoms with E-state index < -0.39 is 51.7 Å². The Morgan fingerprint density at radius 3 is 1.85 bits per heavy atom. The minimum absolute atomic E-state index is 0.00210. The van der Waals surface area contributed by atoms with Crippen molar-refractivity contribution in [2.24, 2.45) is 0 Å². The van der Waals surface area contributed by atoms with Gasteiger partial charge in [-0.2, -0.15) is 4.39 Å². The Kier molecular flexibility index (Phi) is 3.47. The summed E-state index contributed by atoms with van der Waals surface area (Å²) in [6.45, 7) is 0. The fraction of sp³-hybridized carbons (Fsp3) is 0. The van der Waals surface area contributed by atoms with Gasteiger partial charge in [-0.25, -0.2) is 26.9 Å². The number of aldehydes is 1. The molecular weight excluding hydrogens is 288 g/mol. The van der Waals surface area contributed by atoms with Crippen LogP contribution in [0.1, 0.15) is 10.4 Å². The van der Waals surface area contributed by atoms with Crippen molar-refractivity contribution in [3.05, 3.63) is 52.9 Å². The van der Waals surface area contributed by atoms with Crippen molar-refractivity contribution in [3.63, 3.8) is 0 Å². The van der Waals surface area contributed by atoms with Crippen LogP contribution in [0.2, 0.25) is 0 Å². The van der Waals surface area contributed by atoms with Crippen molar-refractivity contribution in [2.45, 2.75) is 0 Å². The van der Waals surface area contributed by atoms with Crippen LogP contribution in [-0.4, -0.2) is 11.3 Å². The summed E-state index contributed by atoms with van der Waals surface area (Å²) in [5, 5.41) is 0. The molecule has 0 atom stereocenters. The molecule has 0 aliphatic heterocycles. The number of carbonyl (C=O) groups excluding carboxylic acids is 1. The van der Waals surface area contributed by atoms with Gasteiger partial charge < -0.3 is 0 Å². The van der Waals surface area contributed by atoms with Gasteiger partial charge in [0, 0.05) is 11.8 Å². The molecule has 2 aromatic rings. The SMILES string of the molecule is O=Cc1cc(-c2c(F)c(F)c(F)c(F)c2F)cnc1F. The van der Waals surface area contributed by atoms with Crippen molar-refractivity contribution in [3.8, 4) is 11.1 Å². The largest absolute Gasteiger partial charge is 0.298 e. The minimum Gasteiger partial charge on any atom is -0.298 e.